The Morgan fingerprint density at radius 3 is 2.47 bits per heavy atom. The average Bonchev–Trinajstić information content (AvgIpc) is 3.25. The summed E-state index contributed by atoms with van der Waals surface area (Å²) in [6, 6.07) is 14.1. The molecular formula is C22H17Cl3N6O. The summed E-state index contributed by atoms with van der Waals surface area (Å²) in [5.41, 5.74) is 2.08. The second kappa shape index (κ2) is 8.58. The van der Waals surface area contributed by atoms with Crippen molar-refractivity contribution < 1.29 is 4.79 Å². The first-order valence-electron chi connectivity index (χ1n) is 9.96. The molecule has 1 aliphatic rings. The normalized spacial score (nSPS) is 14.2. The molecule has 0 atom stereocenters. The van der Waals surface area contributed by atoms with Crippen LogP contribution in [0.15, 0.2) is 54.7 Å². The van der Waals surface area contributed by atoms with E-state index in [4.69, 9.17) is 34.8 Å². The number of amides is 1. The molecular weight excluding hydrogens is 471 g/mol. The van der Waals surface area contributed by atoms with E-state index in [1.165, 1.54) is 0 Å². The minimum Gasteiger partial charge on any atom is -0.336 e. The predicted octanol–water partition coefficient (Wildman–Crippen LogP) is 4.71. The first-order chi connectivity index (χ1) is 15.5. The zero-order valence-corrected chi connectivity index (χ0v) is 19.0. The number of hydrogen-bond acceptors (Lipinski definition) is 5. The van der Waals surface area contributed by atoms with Gasteiger partial charge < -0.3 is 9.80 Å². The van der Waals surface area contributed by atoms with Gasteiger partial charge in [-0.2, -0.15) is 9.50 Å². The highest BCUT2D eigenvalue weighted by molar-refractivity contribution is 6.35. The minimum absolute atomic E-state index is 0.0327. The maximum Gasteiger partial charge on any atom is 0.254 e. The summed E-state index contributed by atoms with van der Waals surface area (Å²) in [5.74, 6) is 0.985. The van der Waals surface area contributed by atoms with E-state index in [1.807, 2.05) is 15.9 Å². The molecule has 1 amide bonds. The Morgan fingerprint density at radius 1 is 0.906 bits per heavy atom. The molecule has 0 N–H and O–H groups in total. The molecule has 7 nitrogen and oxygen atoms in total. The topological polar surface area (TPSA) is 66.6 Å². The smallest absolute Gasteiger partial charge is 0.254 e. The Morgan fingerprint density at radius 2 is 1.69 bits per heavy atom. The van der Waals surface area contributed by atoms with Crippen molar-refractivity contribution in [2.24, 2.45) is 0 Å². The quantitative estimate of drug-likeness (QED) is 0.418. The lowest BCUT2D eigenvalue weighted by Crippen LogP contribution is -2.49. The van der Waals surface area contributed by atoms with Gasteiger partial charge in [-0.1, -0.05) is 40.9 Å². The Bertz CT molecular complexity index is 1320. The molecule has 0 aliphatic carbocycles. The standard InChI is InChI=1S/C22H17Cl3N6O/c23-15-3-1-2-14(12-15)20(32)29-8-10-30(11-9-29)22-27-21-26-7-6-19(31(21)28-22)17-13-16(24)4-5-18(17)25/h1-7,12-13H,8-11H2. The van der Waals surface area contributed by atoms with Crippen molar-refractivity contribution in [1.29, 1.82) is 0 Å². The summed E-state index contributed by atoms with van der Waals surface area (Å²) < 4.78 is 1.66. The lowest BCUT2D eigenvalue weighted by molar-refractivity contribution is 0.0746. The highest BCUT2D eigenvalue weighted by Crippen LogP contribution is 2.30. The molecule has 0 radical (unpaired) electrons. The van der Waals surface area contributed by atoms with Crippen LogP contribution in [0.2, 0.25) is 15.1 Å². The van der Waals surface area contributed by atoms with Crippen LogP contribution in [0.3, 0.4) is 0 Å². The van der Waals surface area contributed by atoms with Gasteiger partial charge in [0.25, 0.3) is 11.7 Å². The van der Waals surface area contributed by atoms with E-state index in [1.54, 1.807) is 53.2 Å². The van der Waals surface area contributed by atoms with Crippen molar-refractivity contribution in [3.05, 3.63) is 75.4 Å². The molecule has 32 heavy (non-hydrogen) atoms. The van der Waals surface area contributed by atoms with Crippen LogP contribution in [-0.2, 0) is 0 Å². The molecule has 2 aromatic heterocycles. The molecule has 4 aromatic rings. The summed E-state index contributed by atoms with van der Waals surface area (Å²) in [7, 11) is 0. The van der Waals surface area contributed by atoms with Gasteiger partial charge in [0.05, 0.1) is 10.7 Å². The first kappa shape index (κ1) is 21.0. The average molecular weight is 488 g/mol. The van der Waals surface area contributed by atoms with E-state index < -0.39 is 0 Å². The molecule has 0 unspecified atom stereocenters. The maximum atomic E-state index is 12.8. The molecule has 0 saturated carbocycles. The number of nitrogens with zero attached hydrogens (tertiary/aromatic N) is 6. The van der Waals surface area contributed by atoms with Crippen LogP contribution in [-0.4, -0.2) is 56.6 Å². The summed E-state index contributed by atoms with van der Waals surface area (Å²) in [6.45, 7) is 2.33. The summed E-state index contributed by atoms with van der Waals surface area (Å²) in [4.78, 5) is 25.6. The third kappa shape index (κ3) is 3.99. The molecule has 3 heterocycles. The van der Waals surface area contributed by atoms with Crippen LogP contribution < -0.4 is 4.90 Å². The lowest BCUT2D eigenvalue weighted by Gasteiger charge is -2.34. The van der Waals surface area contributed by atoms with E-state index in [9.17, 15) is 4.79 Å². The fourth-order valence-electron chi connectivity index (χ4n) is 3.73. The van der Waals surface area contributed by atoms with Gasteiger partial charge >= 0.3 is 0 Å². The van der Waals surface area contributed by atoms with Crippen molar-refractivity contribution in [3.63, 3.8) is 0 Å². The van der Waals surface area contributed by atoms with Crippen molar-refractivity contribution in [3.8, 4) is 11.3 Å². The monoisotopic (exact) mass is 486 g/mol. The highest BCUT2D eigenvalue weighted by Gasteiger charge is 2.25. The molecule has 1 saturated heterocycles. The molecule has 5 rings (SSSR count). The minimum atomic E-state index is -0.0327. The van der Waals surface area contributed by atoms with Crippen LogP contribution in [0.4, 0.5) is 5.95 Å². The third-order valence-corrected chi connectivity index (χ3v) is 6.15. The van der Waals surface area contributed by atoms with Gasteiger partial charge in [-0.3, -0.25) is 4.79 Å². The van der Waals surface area contributed by atoms with E-state index in [2.05, 4.69) is 15.1 Å². The number of carbonyl (C=O) groups is 1. The van der Waals surface area contributed by atoms with E-state index in [-0.39, 0.29) is 5.91 Å². The van der Waals surface area contributed by atoms with Crippen LogP contribution in [0.1, 0.15) is 10.4 Å². The number of carbonyl (C=O) groups excluding carboxylic acids is 1. The number of piperazine rings is 1. The Balaban J connectivity index is 1.37. The Hall–Kier alpha value is -2.87. The van der Waals surface area contributed by atoms with Gasteiger partial charge in [0.1, 0.15) is 0 Å². The van der Waals surface area contributed by atoms with Gasteiger partial charge in [-0.05, 0) is 42.5 Å². The van der Waals surface area contributed by atoms with Crippen molar-refractivity contribution in [2.45, 2.75) is 0 Å². The van der Waals surface area contributed by atoms with Crippen LogP contribution >= 0.6 is 34.8 Å². The molecule has 0 bridgehead atoms. The number of fused-ring (bicyclic) bond motifs is 1. The highest BCUT2D eigenvalue weighted by atomic mass is 35.5. The molecule has 2 aromatic carbocycles. The number of benzene rings is 2. The fraction of sp³-hybridized carbons (Fsp3) is 0.182. The van der Waals surface area contributed by atoms with Crippen molar-refractivity contribution in [2.75, 3.05) is 31.1 Å². The lowest BCUT2D eigenvalue weighted by atomic mass is 10.1. The van der Waals surface area contributed by atoms with Crippen LogP contribution in [0.5, 0.6) is 0 Å². The SMILES string of the molecule is O=C(c1cccc(Cl)c1)N1CCN(c2nc3nccc(-c4cc(Cl)ccc4Cl)n3n2)CC1. The summed E-state index contributed by atoms with van der Waals surface area (Å²) in [5, 5.41) is 6.36. The Kier molecular flexibility index (Phi) is 5.63. The van der Waals surface area contributed by atoms with Gasteiger partial charge in [-0.25, -0.2) is 4.98 Å². The largest absolute Gasteiger partial charge is 0.336 e. The van der Waals surface area contributed by atoms with E-state index >= 15 is 0 Å². The van der Waals surface area contributed by atoms with Crippen LogP contribution in [0.25, 0.3) is 17.0 Å². The first-order valence-corrected chi connectivity index (χ1v) is 11.1. The third-order valence-electron chi connectivity index (χ3n) is 5.36. The van der Waals surface area contributed by atoms with Crippen molar-refractivity contribution in [1.82, 2.24) is 24.5 Å². The number of anilines is 1. The van der Waals surface area contributed by atoms with Gasteiger partial charge in [-0.15, -0.1) is 5.10 Å². The number of rotatable bonds is 3. The molecule has 162 valence electrons. The van der Waals surface area contributed by atoms with E-state index in [0.29, 0.717) is 58.5 Å². The second-order valence-electron chi connectivity index (χ2n) is 7.37. The predicted molar refractivity (Wildman–Crippen MR) is 126 cm³/mol. The Labute approximate surface area is 199 Å². The molecule has 10 heteroatoms. The number of hydrogen-bond donors (Lipinski definition) is 0. The molecule has 0 spiro atoms. The molecule has 1 aliphatic heterocycles. The van der Waals surface area contributed by atoms with Crippen molar-refractivity contribution >= 4 is 52.4 Å². The molecule has 1 fully saturated rings. The zero-order valence-electron chi connectivity index (χ0n) is 16.8. The second-order valence-corrected chi connectivity index (χ2v) is 8.65. The fourth-order valence-corrected chi connectivity index (χ4v) is 4.31. The number of aromatic nitrogens is 4. The summed E-state index contributed by atoms with van der Waals surface area (Å²) in [6.07, 6.45) is 1.67. The van der Waals surface area contributed by atoms with Crippen LogP contribution in [0, 0.1) is 0 Å². The van der Waals surface area contributed by atoms with Gasteiger partial charge in [0.15, 0.2) is 0 Å². The van der Waals surface area contributed by atoms with Gasteiger partial charge in [0, 0.05) is 53.5 Å². The summed E-state index contributed by atoms with van der Waals surface area (Å²) >= 11 is 18.6. The van der Waals surface area contributed by atoms with Gasteiger partial charge in [0.2, 0.25) is 5.95 Å². The maximum absolute atomic E-state index is 12.8. The van der Waals surface area contributed by atoms with E-state index in [0.717, 1.165) is 11.3 Å². The number of halogens is 3. The zero-order chi connectivity index (χ0) is 22.2.